The van der Waals surface area contributed by atoms with Gasteiger partial charge in [-0.05, 0) is 23.6 Å². The van der Waals surface area contributed by atoms with Gasteiger partial charge in [0.25, 0.3) is 0 Å². The average molecular weight is 428 g/mol. The SMILES string of the molecule is COC(=O)C[C@H]1[C@H](C(C)=O)C(=O)N1C(c1ccccc1)(c1ccccc1)c1ccccc1. The first-order valence-corrected chi connectivity index (χ1v) is 10.6. The number of amides is 1. The summed E-state index contributed by atoms with van der Waals surface area (Å²) < 4.78 is 4.91. The van der Waals surface area contributed by atoms with E-state index in [2.05, 4.69) is 0 Å². The number of carbonyl (C=O) groups is 3. The minimum atomic E-state index is -1.01. The van der Waals surface area contributed by atoms with Crippen LogP contribution in [0.3, 0.4) is 0 Å². The van der Waals surface area contributed by atoms with Gasteiger partial charge in [0, 0.05) is 0 Å². The van der Waals surface area contributed by atoms with E-state index in [-0.39, 0.29) is 18.1 Å². The molecule has 0 unspecified atom stereocenters. The fourth-order valence-corrected chi connectivity index (χ4v) is 4.82. The highest BCUT2D eigenvalue weighted by molar-refractivity contribution is 6.07. The van der Waals surface area contributed by atoms with Crippen molar-refractivity contribution >= 4 is 17.7 Å². The Balaban J connectivity index is 2.02. The zero-order chi connectivity index (χ0) is 22.7. The summed E-state index contributed by atoms with van der Waals surface area (Å²) in [6.45, 7) is 1.40. The third-order valence-corrected chi connectivity index (χ3v) is 6.20. The van der Waals surface area contributed by atoms with Crippen LogP contribution in [-0.4, -0.2) is 35.7 Å². The van der Waals surface area contributed by atoms with Crippen molar-refractivity contribution in [1.82, 2.24) is 4.90 Å². The smallest absolute Gasteiger partial charge is 0.307 e. The number of β-lactam (4-membered cyclic amide) rings is 1. The maximum Gasteiger partial charge on any atom is 0.307 e. The molecular weight excluding hydrogens is 402 g/mol. The number of ether oxygens (including phenoxy) is 1. The van der Waals surface area contributed by atoms with Gasteiger partial charge in [-0.15, -0.1) is 0 Å². The van der Waals surface area contributed by atoms with Crippen molar-refractivity contribution < 1.29 is 19.1 Å². The van der Waals surface area contributed by atoms with Gasteiger partial charge < -0.3 is 9.64 Å². The van der Waals surface area contributed by atoms with E-state index in [4.69, 9.17) is 4.74 Å². The second-order valence-corrected chi connectivity index (χ2v) is 7.95. The molecule has 0 N–H and O–H groups in total. The number of nitrogens with zero attached hydrogens (tertiary/aromatic N) is 1. The van der Waals surface area contributed by atoms with Crippen LogP contribution in [0.5, 0.6) is 0 Å². The van der Waals surface area contributed by atoms with Crippen molar-refractivity contribution in [2.24, 2.45) is 5.92 Å². The second-order valence-electron chi connectivity index (χ2n) is 7.95. The molecule has 0 saturated carbocycles. The van der Waals surface area contributed by atoms with Crippen molar-refractivity contribution in [1.29, 1.82) is 0 Å². The Labute approximate surface area is 187 Å². The van der Waals surface area contributed by atoms with Crippen LogP contribution in [0.25, 0.3) is 0 Å². The monoisotopic (exact) mass is 427 g/mol. The molecule has 1 saturated heterocycles. The summed E-state index contributed by atoms with van der Waals surface area (Å²) in [5.41, 5.74) is 1.62. The van der Waals surface area contributed by atoms with Crippen LogP contribution in [0.4, 0.5) is 0 Å². The average Bonchev–Trinajstić information content (AvgIpc) is 2.83. The number of carbonyl (C=O) groups excluding carboxylic acids is 3. The molecule has 0 spiro atoms. The first-order valence-electron chi connectivity index (χ1n) is 10.6. The molecule has 1 aliphatic rings. The summed E-state index contributed by atoms with van der Waals surface area (Å²) in [5, 5.41) is 0. The van der Waals surface area contributed by atoms with E-state index < -0.39 is 23.5 Å². The Morgan fingerprint density at radius 2 is 1.22 bits per heavy atom. The van der Waals surface area contributed by atoms with Crippen LogP contribution < -0.4 is 0 Å². The molecule has 2 atom stereocenters. The highest BCUT2D eigenvalue weighted by Crippen LogP contribution is 2.49. The Morgan fingerprint density at radius 1 is 0.812 bits per heavy atom. The number of methoxy groups -OCH3 is 1. The van der Waals surface area contributed by atoms with Crippen LogP contribution in [-0.2, 0) is 24.7 Å². The van der Waals surface area contributed by atoms with Gasteiger partial charge in [0.05, 0.1) is 19.6 Å². The van der Waals surface area contributed by atoms with Crippen LogP contribution in [0.15, 0.2) is 91.0 Å². The highest BCUT2D eigenvalue weighted by atomic mass is 16.5. The lowest BCUT2D eigenvalue weighted by Crippen LogP contribution is -2.71. The van der Waals surface area contributed by atoms with E-state index in [1.807, 2.05) is 91.0 Å². The summed E-state index contributed by atoms with van der Waals surface area (Å²) >= 11 is 0. The normalized spacial score (nSPS) is 18.1. The summed E-state index contributed by atoms with van der Waals surface area (Å²) in [5.74, 6) is -1.86. The van der Waals surface area contributed by atoms with Crippen molar-refractivity contribution in [3.63, 3.8) is 0 Å². The number of ketones is 1. The van der Waals surface area contributed by atoms with Crippen molar-refractivity contribution in [2.75, 3.05) is 7.11 Å². The molecule has 0 bridgehead atoms. The third kappa shape index (κ3) is 3.40. The molecule has 1 amide bonds. The maximum absolute atomic E-state index is 13.6. The predicted molar refractivity (Wildman–Crippen MR) is 121 cm³/mol. The van der Waals surface area contributed by atoms with Gasteiger partial charge in [0.1, 0.15) is 17.2 Å². The lowest BCUT2D eigenvalue weighted by Gasteiger charge is -2.57. The third-order valence-electron chi connectivity index (χ3n) is 6.20. The molecule has 5 heteroatoms. The Morgan fingerprint density at radius 3 is 1.56 bits per heavy atom. The van der Waals surface area contributed by atoms with Crippen LogP contribution in [0, 0.1) is 5.92 Å². The molecule has 32 heavy (non-hydrogen) atoms. The van der Waals surface area contributed by atoms with E-state index in [1.54, 1.807) is 4.90 Å². The minimum Gasteiger partial charge on any atom is -0.469 e. The first-order chi connectivity index (χ1) is 15.5. The molecule has 162 valence electrons. The van der Waals surface area contributed by atoms with E-state index >= 15 is 0 Å². The Bertz CT molecular complexity index is 1020. The quantitative estimate of drug-likeness (QED) is 0.248. The molecule has 0 aromatic heterocycles. The molecule has 3 aromatic carbocycles. The van der Waals surface area contributed by atoms with E-state index in [0.717, 1.165) is 16.7 Å². The topological polar surface area (TPSA) is 63.7 Å². The minimum absolute atomic E-state index is 0.0548. The number of esters is 1. The highest BCUT2D eigenvalue weighted by Gasteiger charge is 2.60. The van der Waals surface area contributed by atoms with Gasteiger partial charge in [-0.2, -0.15) is 0 Å². The summed E-state index contributed by atoms with van der Waals surface area (Å²) in [6, 6.07) is 28.6. The van der Waals surface area contributed by atoms with Crippen molar-refractivity contribution in [2.45, 2.75) is 24.9 Å². The molecule has 0 radical (unpaired) electrons. The number of likely N-dealkylation sites (tertiary alicyclic amines) is 1. The van der Waals surface area contributed by atoms with Gasteiger partial charge in [-0.1, -0.05) is 91.0 Å². The number of Topliss-reactive ketones (excluding diaryl/α,β-unsaturated/α-hetero) is 1. The van der Waals surface area contributed by atoms with Crippen LogP contribution in [0.2, 0.25) is 0 Å². The summed E-state index contributed by atoms with van der Waals surface area (Å²) in [6.07, 6.45) is -0.0548. The van der Waals surface area contributed by atoms with Crippen LogP contribution >= 0.6 is 0 Å². The Hall–Kier alpha value is -3.73. The number of rotatable bonds is 7. The van der Waals surface area contributed by atoms with Crippen molar-refractivity contribution in [3.8, 4) is 0 Å². The molecule has 1 fully saturated rings. The molecule has 1 heterocycles. The van der Waals surface area contributed by atoms with E-state index in [9.17, 15) is 14.4 Å². The number of benzene rings is 3. The van der Waals surface area contributed by atoms with Gasteiger partial charge in [0.2, 0.25) is 5.91 Å². The zero-order valence-corrected chi connectivity index (χ0v) is 18.1. The largest absolute Gasteiger partial charge is 0.469 e. The van der Waals surface area contributed by atoms with Gasteiger partial charge in [-0.3, -0.25) is 14.4 Å². The molecule has 3 aromatic rings. The predicted octanol–water partition coefficient (Wildman–Crippen LogP) is 3.96. The standard InChI is InChI=1S/C27H25NO4/c1-19(29)25-23(18-24(30)32-2)28(26(25)31)27(20-12-6-3-7-13-20,21-14-8-4-9-15-21)22-16-10-5-11-17-22/h3-17,23,25H,18H2,1-2H3/t23-,25-/m0/s1. The molecule has 4 rings (SSSR count). The van der Waals surface area contributed by atoms with E-state index in [0.29, 0.717) is 0 Å². The molecule has 5 nitrogen and oxygen atoms in total. The van der Waals surface area contributed by atoms with Gasteiger partial charge in [-0.25, -0.2) is 0 Å². The van der Waals surface area contributed by atoms with Crippen molar-refractivity contribution in [3.05, 3.63) is 108 Å². The maximum atomic E-state index is 13.6. The fourth-order valence-electron chi connectivity index (χ4n) is 4.82. The van der Waals surface area contributed by atoms with E-state index in [1.165, 1.54) is 14.0 Å². The number of hydrogen-bond donors (Lipinski definition) is 0. The molecule has 0 aliphatic carbocycles. The van der Waals surface area contributed by atoms with Gasteiger partial charge >= 0.3 is 5.97 Å². The van der Waals surface area contributed by atoms with Gasteiger partial charge in [0.15, 0.2) is 0 Å². The number of hydrogen-bond acceptors (Lipinski definition) is 4. The molecular formula is C27H25NO4. The molecule has 1 aliphatic heterocycles. The lowest BCUT2D eigenvalue weighted by molar-refractivity contribution is -0.171. The summed E-state index contributed by atoms with van der Waals surface area (Å²) in [4.78, 5) is 40.0. The Kier molecular flexibility index (Phi) is 5.91. The second kappa shape index (κ2) is 8.79. The fraction of sp³-hybridized carbons (Fsp3) is 0.222. The lowest BCUT2D eigenvalue weighted by atomic mass is 9.69. The zero-order valence-electron chi connectivity index (χ0n) is 18.1. The first kappa shape index (κ1) is 21.5. The van der Waals surface area contributed by atoms with Crippen LogP contribution in [0.1, 0.15) is 30.0 Å². The summed E-state index contributed by atoms with van der Waals surface area (Å²) in [7, 11) is 1.31.